The summed E-state index contributed by atoms with van der Waals surface area (Å²) in [5.41, 5.74) is 1.08. The number of hydrogen-bond donors (Lipinski definition) is 0. The Morgan fingerprint density at radius 1 is 1.14 bits per heavy atom. The Balaban J connectivity index is 1.89. The normalized spacial score (nSPS) is 15.1. The highest BCUT2D eigenvalue weighted by Gasteiger charge is 2.34. The van der Waals surface area contributed by atoms with Gasteiger partial charge in [-0.05, 0) is 56.0 Å². The Morgan fingerprint density at radius 2 is 1.95 bits per heavy atom. The SMILES string of the molecule is CCOC(=O)C1=C(C)N=c2s/c(=C\c3cccs3)c(=O)n2[C@@H]1c1ccc(OCC(=O)OC)c(OCC)c1. The Hall–Kier alpha value is -3.70. The third-order valence-corrected chi connectivity index (χ3v) is 7.29. The van der Waals surface area contributed by atoms with Crippen LogP contribution in [0.5, 0.6) is 11.5 Å². The fraction of sp³-hybridized carbons (Fsp3) is 0.308. The molecule has 0 saturated heterocycles. The molecular formula is C26H26N2O7S2. The molecule has 194 valence electrons. The van der Waals surface area contributed by atoms with Crippen molar-refractivity contribution in [2.45, 2.75) is 26.8 Å². The fourth-order valence-corrected chi connectivity index (χ4v) is 5.66. The third-order valence-electron chi connectivity index (χ3n) is 5.49. The number of methoxy groups -OCH3 is 1. The van der Waals surface area contributed by atoms with Gasteiger partial charge in [0.2, 0.25) is 0 Å². The number of thiazole rings is 1. The summed E-state index contributed by atoms with van der Waals surface area (Å²) in [6, 6.07) is 8.12. The van der Waals surface area contributed by atoms with Crippen molar-refractivity contribution in [1.29, 1.82) is 0 Å². The second-order valence-corrected chi connectivity index (χ2v) is 9.81. The molecule has 0 aliphatic carbocycles. The molecule has 1 aliphatic heterocycles. The van der Waals surface area contributed by atoms with Crippen molar-refractivity contribution >= 4 is 40.7 Å². The molecule has 1 aromatic carbocycles. The van der Waals surface area contributed by atoms with Crippen molar-refractivity contribution in [3.8, 4) is 11.5 Å². The van der Waals surface area contributed by atoms with Gasteiger partial charge < -0.3 is 18.9 Å². The molecule has 1 aliphatic rings. The molecule has 2 aromatic heterocycles. The number of hydrogen-bond acceptors (Lipinski definition) is 10. The van der Waals surface area contributed by atoms with Gasteiger partial charge in [-0.25, -0.2) is 14.6 Å². The molecule has 3 heterocycles. The summed E-state index contributed by atoms with van der Waals surface area (Å²) in [5.74, 6) is -0.389. The summed E-state index contributed by atoms with van der Waals surface area (Å²) in [6.45, 7) is 5.49. The molecule has 37 heavy (non-hydrogen) atoms. The first-order valence-corrected chi connectivity index (χ1v) is 13.3. The Bertz CT molecular complexity index is 1520. The number of thiophene rings is 1. The van der Waals surface area contributed by atoms with Gasteiger partial charge in [-0.1, -0.05) is 23.5 Å². The van der Waals surface area contributed by atoms with Crippen LogP contribution in [0.1, 0.15) is 37.3 Å². The van der Waals surface area contributed by atoms with Crippen molar-refractivity contribution < 1.29 is 28.5 Å². The van der Waals surface area contributed by atoms with Crippen LogP contribution in [0, 0.1) is 0 Å². The number of ether oxygens (including phenoxy) is 4. The second kappa shape index (κ2) is 11.6. The van der Waals surface area contributed by atoms with E-state index < -0.39 is 18.0 Å². The number of esters is 2. The molecule has 3 aromatic rings. The van der Waals surface area contributed by atoms with Crippen LogP contribution in [0.15, 0.2) is 56.8 Å². The van der Waals surface area contributed by atoms with E-state index in [4.69, 9.17) is 14.2 Å². The predicted molar refractivity (Wildman–Crippen MR) is 140 cm³/mol. The monoisotopic (exact) mass is 542 g/mol. The van der Waals surface area contributed by atoms with E-state index in [1.807, 2.05) is 30.5 Å². The summed E-state index contributed by atoms with van der Waals surface area (Å²) < 4.78 is 23.4. The van der Waals surface area contributed by atoms with Gasteiger partial charge >= 0.3 is 11.9 Å². The third kappa shape index (κ3) is 5.52. The summed E-state index contributed by atoms with van der Waals surface area (Å²) in [6.07, 6.45) is 1.82. The Kier molecular flexibility index (Phi) is 8.24. The van der Waals surface area contributed by atoms with Gasteiger partial charge in [0.05, 0.1) is 42.2 Å². The van der Waals surface area contributed by atoms with Crippen LogP contribution in [0.4, 0.5) is 0 Å². The number of aromatic nitrogens is 1. The highest BCUT2D eigenvalue weighted by atomic mass is 32.1. The topological polar surface area (TPSA) is 105 Å². The molecule has 1 atom stereocenters. The lowest BCUT2D eigenvalue weighted by Gasteiger charge is -2.25. The van der Waals surface area contributed by atoms with E-state index in [1.165, 1.54) is 34.4 Å². The standard InChI is InChI=1S/C26H26N2O7S2/c1-5-33-19-12-16(9-10-18(19)35-14-21(29)32-4)23-22(25(31)34-6-2)15(3)27-26-28(23)24(30)20(37-26)13-17-8-7-11-36-17/h7-13,23H,5-6,14H2,1-4H3/b20-13-/t23-/m1/s1. The molecule has 0 N–H and O–H groups in total. The van der Waals surface area contributed by atoms with Crippen molar-refractivity contribution in [1.82, 2.24) is 4.57 Å². The Morgan fingerprint density at radius 3 is 2.62 bits per heavy atom. The lowest BCUT2D eigenvalue weighted by atomic mass is 9.95. The van der Waals surface area contributed by atoms with E-state index >= 15 is 0 Å². The van der Waals surface area contributed by atoms with Crippen molar-refractivity contribution in [2.24, 2.45) is 4.99 Å². The maximum atomic E-state index is 13.6. The van der Waals surface area contributed by atoms with Gasteiger partial charge in [0.15, 0.2) is 22.9 Å². The van der Waals surface area contributed by atoms with E-state index in [1.54, 1.807) is 32.0 Å². The summed E-state index contributed by atoms with van der Waals surface area (Å²) in [5, 5.41) is 1.94. The van der Waals surface area contributed by atoms with Crippen LogP contribution in [-0.4, -0.2) is 43.4 Å². The summed E-state index contributed by atoms with van der Waals surface area (Å²) in [7, 11) is 1.28. The maximum absolute atomic E-state index is 13.6. The van der Waals surface area contributed by atoms with E-state index in [0.29, 0.717) is 38.7 Å². The molecule has 0 amide bonds. The molecular weight excluding hydrogens is 516 g/mol. The number of carbonyl (C=O) groups is 2. The molecule has 11 heteroatoms. The molecule has 9 nitrogen and oxygen atoms in total. The van der Waals surface area contributed by atoms with Gasteiger partial charge in [-0.2, -0.15) is 0 Å². The maximum Gasteiger partial charge on any atom is 0.343 e. The zero-order valence-electron chi connectivity index (χ0n) is 20.8. The van der Waals surface area contributed by atoms with Gasteiger partial charge in [0.1, 0.15) is 0 Å². The van der Waals surface area contributed by atoms with Crippen LogP contribution >= 0.6 is 22.7 Å². The van der Waals surface area contributed by atoms with Gasteiger partial charge in [0, 0.05) is 4.88 Å². The van der Waals surface area contributed by atoms with E-state index in [9.17, 15) is 14.4 Å². The zero-order valence-corrected chi connectivity index (χ0v) is 22.4. The molecule has 0 saturated carbocycles. The van der Waals surface area contributed by atoms with Gasteiger partial charge in [0.25, 0.3) is 5.56 Å². The number of benzene rings is 1. The first-order chi connectivity index (χ1) is 17.9. The lowest BCUT2D eigenvalue weighted by Crippen LogP contribution is -2.39. The first-order valence-electron chi connectivity index (χ1n) is 11.6. The molecule has 0 spiro atoms. The van der Waals surface area contributed by atoms with E-state index in [2.05, 4.69) is 9.73 Å². The fourth-order valence-electron chi connectivity index (χ4n) is 3.89. The molecule has 0 fully saturated rings. The highest BCUT2D eigenvalue weighted by molar-refractivity contribution is 7.11. The number of allylic oxidation sites excluding steroid dienone is 1. The van der Waals surface area contributed by atoms with Crippen LogP contribution < -0.4 is 24.4 Å². The van der Waals surface area contributed by atoms with Gasteiger partial charge in [-0.3, -0.25) is 9.36 Å². The van der Waals surface area contributed by atoms with Crippen LogP contribution in [0.3, 0.4) is 0 Å². The molecule has 4 rings (SSSR count). The average molecular weight is 543 g/mol. The van der Waals surface area contributed by atoms with Crippen molar-refractivity contribution in [2.75, 3.05) is 26.9 Å². The minimum absolute atomic E-state index is 0.176. The second-order valence-electron chi connectivity index (χ2n) is 7.82. The minimum atomic E-state index is -0.797. The number of fused-ring (bicyclic) bond motifs is 1. The predicted octanol–water partition coefficient (Wildman–Crippen LogP) is 2.81. The van der Waals surface area contributed by atoms with E-state index in [-0.39, 0.29) is 24.3 Å². The Labute approximate surface area is 220 Å². The van der Waals surface area contributed by atoms with Crippen molar-refractivity contribution in [3.05, 3.63) is 77.1 Å². The van der Waals surface area contributed by atoms with Crippen LogP contribution in [0.2, 0.25) is 0 Å². The van der Waals surface area contributed by atoms with Crippen molar-refractivity contribution in [3.63, 3.8) is 0 Å². The van der Waals surface area contributed by atoms with E-state index in [0.717, 1.165) is 4.88 Å². The average Bonchev–Trinajstić information content (AvgIpc) is 3.50. The van der Waals surface area contributed by atoms with Crippen LogP contribution in [-0.2, 0) is 19.1 Å². The highest BCUT2D eigenvalue weighted by Crippen LogP contribution is 2.36. The molecule has 0 bridgehead atoms. The van der Waals surface area contributed by atoms with Crippen LogP contribution in [0.25, 0.3) is 6.08 Å². The van der Waals surface area contributed by atoms with Gasteiger partial charge in [-0.15, -0.1) is 11.3 Å². The first kappa shape index (κ1) is 26.4. The summed E-state index contributed by atoms with van der Waals surface area (Å²) >= 11 is 2.79. The quantitative estimate of drug-likeness (QED) is 0.383. The molecule has 0 unspecified atom stereocenters. The summed E-state index contributed by atoms with van der Waals surface area (Å²) in [4.78, 5) is 44.3. The lowest BCUT2D eigenvalue weighted by molar-refractivity contribution is -0.143. The largest absolute Gasteiger partial charge is 0.490 e. The number of nitrogens with zero attached hydrogens (tertiary/aromatic N) is 2. The molecule has 0 radical (unpaired) electrons. The number of carbonyl (C=O) groups excluding carboxylic acids is 2. The zero-order chi connectivity index (χ0) is 26.5. The minimum Gasteiger partial charge on any atom is -0.490 e. The number of rotatable bonds is 9. The smallest absolute Gasteiger partial charge is 0.343 e.